The maximum absolute atomic E-state index is 14.0. The first-order valence-corrected chi connectivity index (χ1v) is 11.5. The molecule has 9 heteroatoms. The van der Waals surface area contributed by atoms with E-state index in [9.17, 15) is 23.1 Å². The normalized spacial score (nSPS) is 12.2. The third-order valence-electron chi connectivity index (χ3n) is 6.54. The van der Waals surface area contributed by atoms with E-state index in [0.717, 1.165) is 17.2 Å². The van der Waals surface area contributed by atoms with Crippen LogP contribution in [0.1, 0.15) is 30.5 Å². The zero-order valence-corrected chi connectivity index (χ0v) is 20.8. The van der Waals surface area contributed by atoms with Crippen LogP contribution in [0.4, 0.5) is 13.2 Å². The van der Waals surface area contributed by atoms with E-state index in [1.54, 1.807) is 69.1 Å². The molecule has 0 fully saturated rings. The van der Waals surface area contributed by atoms with Crippen LogP contribution in [0.25, 0.3) is 34.0 Å². The molecule has 1 N–H and O–H groups in total. The van der Waals surface area contributed by atoms with Gasteiger partial charge in [0, 0.05) is 17.7 Å². The molecule has 0 spiro atoms. The highest BCUT2D eigenvalue weighted by Gasteiger charge is 2.35. The number of likely N-dealkylation sites (N-methyl/N-ethyl adjacent to an activating group) is 1. The van der Waals surface area contributed by atoms with Gasteiger partial charge >= 0.3 is 12.1 Å². The minimum absolute atomic E-state index is 0.0242. The van der Waals surface area contributed by atoms with Gasteiger partial charge in [-0.3, -0.25) is 9.69 Å². The van der Waals surface area contributed by atoms with E-state index in [1.165, 1.54) is 12.1 Å². The van der Waals surface area contributed by atoms with Crippen molar-refractivity contribution < 1.29 is 27.6 Å². The molecule has 0 bridgehead atoms. The number of alkyl halides is 3. The second kappa shape index (κ2) is 9.82. The van der Waals surface area contributed by atoms with Crippen molar-refractivity contribution in [3.8, 4) is 34.0 Å². The third kappa shape index (κ3) is 5.41. The fourth-order valence-electron chi connectivity index (χ4n) is 3.87. The molecule has 4 aromatic rings. The van der Waals surface area contributed by atoms with Crippen molar-refractivity contribution in [2.45, 2.75) is 39.0 Å². The highest BCUT2D eigenvalue weighted by molar-refractivity contribution is 5.77. The Kier molecular flexibility index (Phi) is 6.92. The molecule has 192 valence electrons. The van der Waals surface area contributed by atoms with E-state index in [-0.39, 0.29) is 22.8 Å². The number of hydrogen-bond acceptors (Lipinski definition) is 5. The molecular weight excluding hydrogens is 483 g/mol. The number of aromatic nitrogens is 2. The number of rotatable bonds is 7. The minimum atomic E-state index is -4.57. The molecule has 0 amide bonds. The first-order chi connectivity index (χ1) is 17.4. The van der Waals surface area contributed by atoms with Gasteiger partial charge in [-0.1, -0.05) is 59.8 Å². The molecule has 1 heterocycles. The minimum Gasteiger partial charge on any atom is -0.480 e. The quantitative estimate of drug-likeness (QED) is 0.299. The first-order valence-electron chi connectivity index (χ1n) is 11.5. The average Bonchev–Trinajstić information content (AvgIpc) is 3.34. The molecule has 0 saturated heterocycles. The highest BCUT2D eigenvalue weighted by Crippen LogP contribution is 2.40. The number of halogens is 3. The lowest BCUT2D eigenvalue weighted by molar-refractivity contribution is -0.148. The fraction of sp³-hybridized carbons (Fsp3) is 0.250. The van der Waals surface area contributed by atoms with Crippen LogP contribution < -0.4 is 0 Å². The second-order valence-electron chi connectivity index (χ2n) is 9.41. The topological polar surface area (TPSA) is 79.5 Å². The fourth-order valence-corrected chi connectivity index (χ4v) is 3.87. The van der Waals surface area contributed by atoms with Crippen molar-refractivity contribution in [2.75, 3.05) is 7.05 Å². The molecule has 6 nitrogen and oxygen atoms in total. The van der Waals surface area contributed by atoms with Crippen molar-refractivity contribution in [3.63, 3.8) is 0 Å². The molecule has 37 heavy (non-hydrogen) atoms. The third-order valence-corrected chi connectivity index (χ3v) is 6.54. The Balaban J connectivity index is 1.60. The summed E-state index contributed by atoms with van der Waals surface area (Å²) >= 11 is 0. The largest absolute Gasteiger partial charge is 0.480 e. The lowest BCUT2D eigenvalue weighted by atomic mass is 9.94. The van der Waals surface area contributed by atoms with Crippen LogP contribution in [0.5, 0.6) is 0 Å². The zero-order valence-electron chi connectivity index (χ0n) is 20.8. The molecule has 3 aromatic carbocycles. The molecule has 0 aliphatic rings. The van der Waals surface area contributed by atoms with Gasteiger partial charge in [0.05, 0.1) is 5.56 Å². The van der Waals surface area contributed by atoms with Crippen molar-refractivity contribution >= 4 is 5.97 Å². The Morgan fingerprint density at radius 2 is 1.62 bits per heavy atom. The summed E-state index contributed by atoms with van der Waals surface area (Å²) in [4.78, 5) is 17.5. The maximum atomic E-state index is 14.0. The monoisotopic (exact) mass is 509 g/mol. The number of aryl methyl sites for hydroxylation is 1. The van der Waals surface area contributed by atoms with E-state index < -0.39 is 23.2 Å². The summed E-state index contributed by atoms with van der Waals surface area (Å²) in [5, 5.41) is 13.3. The number of carbonyl (C=O) groups is 1. The van der Waals surface area contributed by atoms with Gasteiger partial charge in [0.1, 0.15) is 5.54 Å². The molecule has 0 aliphatic heterocycles. The van der Waals surface area contributed by atoms with Gasteiger partial charge in [-0.15, -0.1) is 0 Å². The molecular formula is C28H26F3N3O3. The smallest absolute Gasteiger partial charge is 0.417 e. The van der Waals surface area contributed by atoms with E-state index in [2.05, 4.69) is 10.1 Å². The van der Waals surface area contributed by atoms with E-state index in [4.69, 9.17) is 4.52 Å². The molecule has 0 radical (unpaired) electrons. The lowest BCUT2D eigenvalue weighted by Crippen LogP contribution is -2.47. The van der Waals surface area contributed by atoms with Crippen LogP contribution in [0.3, 0.4) is 0 Å². The number of nitrogens with zero attached hydrogens (tertiary/aromatic N) is 3. The Labute approximate surface area is 212 Å². The Bertz CT molecular complexity index is 1430. The van der Waals surface area contributed by atoms with E-state index in [1.807, 2.05) is 12.1 Å². The van der Waals surface area contributed by atoms with Crippen molar-refractivity contribution in [1.29, 1.82) is 0 Å². The second-order valence-corrected chi connectivity index (χ2v) is 9.41. The first kappa shape index (κ1) is 26.1. The number of carboxylic acids is 1. The summed E-state index contributed by atoms with van der Waals surface area (Å²) in [7, 11) is 1.73. The van der Waals surface area contributed by atoms with Crippen LogP contribution in [-0.2, 0) is 17.5 Å². The number of benzene rings is 3. The summed E-state index contributed by atoms with van der Waals surface area (Å²) in [5.41, 5.74) is 1.17. The van der Waals surface area contributed by atoms with Gasteiger partial charge in [0.15, 0.2) is 0 Å². The van der Waals surface area contributed by atoms with Crippen LogP contribution in [0.15, 0.2) is 71.3 Å². The number of aliphatic carboxylic acids is 1. The van der Waals surface area contributed by atoms with Crippen molar-refractivity contribution in [1.82, 2.24) is 15.0 Å². The van der Waals surface area contributed by atoms with Gasteiger partial charge in [0.2, 0.25) is 5.82 Å². The molecule has 0 unspecified atom stereocenters. The van der Waals surface area contributed by atoms with E-state index >= 15 is 0 Å². The average molecular weight is 510 g/mol. The van der Waals surface area contributed by atoms with Crippen molar-refractivity contribution in [2.24, 2.45) is 0 Å². The van der Waals surface area contributed by atoms with Gasteiger partial charge < -0.3 is 9.63 Å². The number of hydrogen-bond donors (Lipinski definition) is 1. The SMILES string of the molecule is Cc1ccccc1-c1ccc(-c2nc(-c3ccc(CN(C)C(C)(C)C(=O)O)cc3)no2)cc1C(F)(F)F. The molecule has 0 saturated carbocycles. The summed E-state index contributed by atoms with van der Waals surface area (Å²) < 4.78 is 47.2. The zero-order chi connectivity index (χ0) is 27.0. The maximum Gasteiger partial charge on any atom is 0.417 e. The van der Waals surface area contributed by atoms with Crippen LogP contribution in [-0.4, -0.2) is 38.7 Å². The van der Waals surface area contributed by atoms with Crippen LogP contribution in [0.2, 0.25) is 0 Å². The Morgan fingerprint density at radius 1 is 0.973 bits per heavy atom. The summed E-state index contributed by atoms with van der Waals surface area (Å²) in [6, 6.07) is 18.1. The Morgan fingerprint density at radius 3 is 2.24 bits per heavy atom. The summed E-state index contributed by atoms with van der Waals surface area (Å²) in [6.45, 7) is 5.43. The van der Waals surface area contributed by atoms with Gasteiger partial charge in [-0.25, -0.2) is 0 Å². The highest BCUT2D eigenvalue weighted by atomic mass is 19.4. The number of carboxylic acid groups (broad SMARTS) is 1. The van der Waals surface area contributed by atoms with Crippen LogP contribution >= 0.6 is 0 Å². The van der Waals surface area contributed by atoms with Crippen molar-refractivity contribution in [3.05, 3.63) is 83.4 Å². The lowest BCUT2D eigenvalue weighted by Gasteiger charge is -2.31. The molecule has 0 aliphatic carbocycles. The molecule has 4 rings (SSSR count). The Hall–Kier alpha value is -3.98. The predicted octanol–water partition coefficient (Wildman–Crippen LogP) is 6.69. The predicted molar refractivity (Wildman–Crippen MR) is 134 cm³/mol. The van der Waals surface area contributed by atoms with E-state index in [0.29, 0.717) is 17.7 Å². The standard InChI is InChI=1S/C28H26F3N3O3/c1-17-7-5-6-8-21(17)22-14-13-20(15-23(22)28(29,30)31)25-32-24(33-37-25)19-11-9-18(10-12-19)16-34(4)27(2,3)26(35)36/h5-15H,16H2,1-4H3,(H,35,36). The molecule has 1 aromatic heterocycles. The van der Waals surface area contributed by atoms with Gasteiger partial charge in [0.25, 0.3) is 5.89 Å². The van der Waals surface area contributed by atoms with Crippen LogP contribution in [0, 0.1) is 6.92 Å². The summed E-state index contributed by atoms with van der Waals surface area (Å²) in [6.07, 6.45) is -4.57. The molecule has 0 atom stereocenters. The van der Waals surface area contributed by atoms with Gasteiger partial charge in [-0.2, -0.15) is 18.2 Å². The van der Waals surface area contributed by atoms with Gasteiger partial charge in [-0.05, 0) is 62.2 Å². The summed E-state index contributed by atoms with van der Waals surface area (Å²) in [5.74, 6) is -0.715.